The summed E-state index contributed by atoms with van der Waals surface area (Å²) in [5.41, 5.74) is 7.55. The second-order valence-corrected chi connectivity index (χ2v) is 10.7. The van der Waals surface area contributed by atoms with E-state index in [9.17, 15) is 22.6 Å². The van der Waals surface area contributed by atoms with Crippen LogP contribution in [0.2, 0.25) is 0 Å². The van der Waals surface area contributed by atoms with Crippen molar-refractivity contribution in [2.45, 2.75) is 45.6 Å². The molecule has 0 aliphatic carbocycles. The van der Waals surface area contributed by atoms with E-state index in [0.717, 1.165) is 43.4 Å². The highest BCUT2D eigenvalue weighted by Crippen LogP contribution is 2.25. The predicted molar refractivity (Wildman–Crippen MR) is 146 cm³/mol. The number of benzene rings is 1. The molecule has 1 aromatic carbocycles. The Bertz CT molecular complexity index is 1370. The number of nitrogens with two attached hydrogens (primary N) is 1. The van der Waals surface area contributed by atoms with Crippen LogP contribution in [0.1, 0.15) is 39.0 Å². The number of carbonyl (C=O) groups excluding carboxylic acids is 1. The zero-order valence-electron chi connectivity index (χ0n) is 21.7. The Labute approximate surface area is 223 Å². The number of hydrogen-bond acceptors (Lipinski definition) is 8. The van der Waals surface area contributed by atoms with E-state index in [4.69, 9.17) is 10.2 Å². The fourth-order valence-electron chi connectivity index (χ4n) is 4.24. The molecule has 0 saturated heterocycles. The number of unbranched alkanes of at least 4 members (excludes halogenated alkanes) is 2. The fourth-order valence-corrected chi connectivity index (χ4v) is 4.73. The van der Waals surface area contributed by atoms with Gasteiger partial charge in [0.15, 0.2) is 12.4 Å². The van der Waals surface area contributed by atoms with Gasteiger partial charge in [0.2, 0.25) is 5.91 Å². The normalized spacial score (nSPS) is 11.6. The summed E-state index contributed by atoms with van der Waals surface area (Å²) in [6, 6.07) is 11.2. The van der Waals surface area contributed by atoms with Crippen LogP contribution in [-0.2, 0) is 21.5 Å². The molecule has 0 aliphatic heterocycles. The number of aromatic nitrogens is 1. The van der Waals surface area contributed by atoms with E-state index in [1.165, 1.54) is 0 Å². The highest BCUT2D eigenvalue weighted by molar-refractivity contribution is 7.85. The first kappa shape index (κ1) is 29.3. The molecule has 2 heterocycles. The third kappa shape index (κ3) is 8.93. The van der Waals surface area contributed by atoms with Crippen molar-refractivity contribution in [3.05, 3.63) is 59.2 Å². The molecule has 2 aromatic heterocycles. The second-order valence-electron chi connectivity index (χ2n) is 9.14. The van der Waals surface area contributed by atoms with Gasteiger partial charge in [-0.05, 0) is 38.0 Å². The summed E-state index contributed by atoms with van der Waals surface area (Å²) in [7, 11) is -4.23. The summed E-state index contributed by atoms with van der Waals surface area (Å²) in [5, 5.41) is 3.59. The molecule has 3 N–H and O–H groups in total. The van der Waals surface area contributed by atoms with E-state index in [2.05, 4.69) is 17.1 Å². The molecule has 3 rings (SSSR count). The fraction of sp³-hybridized carbons (Fsp3) is 0.444. The SMILES string of the molecule is CCN(CCCCCC(=O)NCCN)c1ccc2cc(-c3cc[n+](CCCS(=O)(=O)[O-])cc3)c(=O)oc2c1. The number of anilines is 1. The number of amides is 1. The number of hydrogen-bond donors (Lipinski definition) is 2. The maximum atomic E-state index is 12.8. The molecule has 10 nitrogen and oxygen atoms in total. The first-order valence-corrected chi connectivity index (χ1v) is 14.5. The van der Waals surface area contributed by atoms with Crippen molar-refractivity contribution < 1.29 is 26.7 Å². The highest BCUT2D eigenvalue weighted by Gasteiger charge is 2.12. The van der Waals surface area contributed by atoms with Gasteiger partial charge < -0.3 is 24.9 Å². The molecule has 0 fully saturated rings. The zero-order chi connectivity index (χ0) is 27.5. The summed E-state index contributed by atoms with van der Waals surface area (Å²) in [4.78, 5) is 26.7. The minimum atomic E-state index is -4.23. The molecule has 1 amide bonds. The highest BCUT2D eigenvalue weighted by atomic mass is 32.2. The van der Waals surface area contributed by atoms with Crippen molar-refractivity contribution in [3.63, 3.8) is 0 Å². The molecule has 0 spiro atoms. The van der Waals surface area contributed by atoms with Crippen molar-refractivity contribution in [1.29, 1.82) is 0 Å². The maximum absolute atomic E-state index is 12.8. The van der Waals surface area contributed by atoms with Crippen LogP contribution < -0.4 is 26.1 Å². The summed E-state index contributed by atoms with van der Waals surface area (Å²) in [5.74, 6) is -0.378. The zero-order valence-corrected chi connectivity index (χ0v) is 22.5. The molecular formula is C27H36N4O6S. The van der Waals surface area contributed by atoms with Gasteiger partial charge in [-0.1, -0.05) is 6.42 Å². The van der Waals surface area contributed by atoms with E-state index in [-0.39, 0.29) is 12.3 Å². The van der Waals surface area contributed by atoms with Gasteiger partial charge in [0.25, 0.3) is 0 Å². The molecule has 38 heavy (non-hydrogen) atoms. The monoisotopic (exact) mass is 544 g/mol. The summed E-state index contributed by atoms with van der Waals surface area (Å²) >= 11 is 0. The molecule has 0 saturated carbocycles. The van der Waals surface area contributed by atoms with Crippen molar-refractivity contribution in [1.82, 2.24) is 5.32 Å². The Kier molecular flexibility index (Phi) is 10.8. The minimum Gasteiger partial charge on any atom is -0.748 e. The molecular weight excluding hydrogens is 508 g/mol. The molecule has 0 atom stereocenters. The molecule has 3 aromatic rings. The quantitative estimate of drug-likeness (QED) is 0.128. The Balaban J connectivity index is 1.63. The smallest absolute Gasteiger partial charge is 0.344 e. The lowest BCUT2D eigenvalue weighted by Crippen LogP contribution is -2.33. The number of rotatable bonds is 15. The molecule has 0 unspecified atom stereocenters. The lowest BCUT2D eigenvalue weighted by molar-refractivity contribution is -0.696. The number of nitrogens with one attached hydrogen (secondary N) is 1. The van der Waals surface area contributed by atoms with Gasteiger partial charge in [0, 0.05) is 79.6 Å². The standard InChI is InChI=1S/C27H36N4O6S/c1-2-31(15-5-3-4-7-26(32)29-13-12-28)23-9-8-22-19-24(27(33)37-25(22)20-23)21-10-16-30(17-11-21)14-6-18-38(34,35)36/h8-11,16-17,19-20H,2-7,12-15,18,28H2,1H3,(H-,29,32,34,35,36). The first-order valence-electron chi connectivity index (χ1n) is 12.9. The number of carbonyl (C=O) groups is 1. The van der Waals surface area contributed by atoms with Crippen LogP contribution in [0, 0.1) is 0 Å². The van der Waals surface area contributed by atoms with E-state index < -0.39 is 21.5 Å². The van der Waals surface area contributed by atoms with Crippen LogP contribution in [-0.4, -0.2) is 50.8 Å². The largest absolute Gasteiger partial charge is 0.748 e. The van der Waals surface area contributed by atoms with Gasteiger partial charge in [-0.2, -0.15) is 0 Å². The number of aryl methyl sites for hydroxylation is 1. The van der Waals surface area contributed by atoms with Crippen LogP contribution >= 0.6 is 0 Å². The Hall–Kier alpha value is -3.28. The van der Waals surface area contributed by atoms with Crippen LogP contribution in [0.3, 0.4) is 0 Å². The van der Waals surface area contributed by atoms with Gasteiger partial charge in [-0.3, -0.25) is 4.79 Å². The summed E-state index contributed by atoms with van der Waals surface area (Å²) < 4.78 is 39.7. The summed E-state index contributed by atoms with van der Waals surface area (Å²) in [6.07, 6.45) is 6.91. The Morgan fingerprint density at radius 2 is 1.87 bits per heavy atom. The number of pyridine rings is 1. The maximum Gasteiger partial charge on any atom is 0.344 e. The third-order valence-electron chi connectivity index (χ3n) is 6.28. The van der Waals surface area contributed by atoms with Gasteiger partial charge >= 0.3 is 5.63 Å². The molecule has 0 radical (unpaired) electrons. The molecule has 0 bridgehead atoms. The summed E-state index contributed by atoms with van der Waals surface area (Å²) in [6.45, 7) is 5.04. The molecule has 0 aliphatic rings. The third-order valence-corrected chi connectivity index (χ3v) is 7.07. The van der Waals surface area contributed by atoms with Gasteiger partial charge in [-0.25, -0.2) is 17.8 Å². The lowest BCUT2D eigenvalue weighted by Gasteiger charge is -2.23. The van der Waals surface area contributed by atoms with Gasteiger partial charge in [0.05, 0.1) is 15.7 Å². The topological polar surface area (TPSA) is 150 Å². The number of fused-ring (bicyclic) bond motifs is 1. The van der Waals surface area contributed by atoms with Crippen molar-refractivity contribution in [3.8, 4) is 11.1 Å². The number of nitrogens with zero attached hydrogens (tertiary/aromatic N) is 2. The van der Waals surface area contributed by atoms with E-state index in [1.807, 2.05) is 18.2 Å². The predicted octanol–water partition coefficient (Wildman–Crippen LogP) is 2.14. The van der Waals surface area contributed by atoms with Crippen LogP contribution in [0.25, 0.3) is 22.1 Å². The van der Waals surface area contributed by atoms with Crippen molar-refractivity contribution >= 4 is 32.7 Å². The van der Waals surface area contributed by atoms with Gasteiger partial charge in [0.1, 0.15) is 12.1 Å². The average molecular weight is 545 g/mol. The van der Waals surface area contributed by atoms with E-state index >= 15 is 0 Å². The van der Waals surface area contributed by atoms with E-state index in [0.29, 0.717) is 42.8 Å². The second kappa shape index (κ2) is 14.0. The Morgan fingerprint density at radius 1 is 1.11 bits per heavy atom. The van der Waals surface area contributed by atoms with Crippen molar-refractivity contribution in [2.24, 2.45) is 5.73 Å². The molecule has 11 heteroatoms. The minimum absolute atomic E-state index is 0.0369. The lowest BCUT2D eigenvalue weighted by atomic mass is 10.1. The van der Waals surface area contributed by atoms with E-state index in [1.54, 1.807) is 35.2 Å². The first-order chi connectivity index (χ1) is 18.2. The molecule has 206 valence electrons. The van der Waals surface area contributed by atoms with Gasteiger partial charge in [-0.15, -0.1) is 0 Å². The van der Waals surface area contributed by atoms with Crippen LogP contribution in [0.15, 0.2) is 58.0 Å². The van der Waals surface area contributed by atoms with Crippen LogP contribution in [0.4, 0.5) is 5.69 Å². The van der Waals surface area contributed by atoms with Crippen LogP contribution in [0.5, 0.6) is 0 Å². The average Bonchev–Trinajstić information content (AvgIpc) is 2.88. The Morgan fingerprint density at radius 3 is 2.55 bits per heavy atom. The van der Waals surface area contributed by atoms with Crippen molar-refractivity contribution in [2.75, 3.05) is 36.8 Å².